The third-order valence-electron chi connectivity index (χ3n) is 5.12. The van der Waals surface area contributed by atoms with Crippen molar-refractivity contribution >= 4 is 48.2 Å². The van der Waals surface area contributed by atoms with E-state index in [9.17, 15) is 29.1 Å². The molecule has 1 aromatic carbocycles. The Morgan fingerprint density at radius 2 is 1.45 bits per heavy atom. The van der Waals surface area contributed by atoms with Crippen molar-refractivity contribution in [2.45, 2.75) is 49.9 Å². The third-order valence-corrected chi connectivity index (χ3v) is 5.49. The topological polar surface area (TPSA) is 273 Å². The molecule has 16 heteroatoms. The van der Waals surface area contributed by atoms with Gasteiger partial charge in [-0.1, -0.05) is 12.1 Å². The van der Waals surface area contributed by atoms with Crippen LogP contribution in [0, 0.1) is 0 Å². The highest BCUT2D eigenvalue weighted by Gasteiger charge is 2.30. The van der Waals surface area contributed by atoms with Gasteiger partial charge in [-0.05, 0) is 30.5 Å². The number of thiol groups is 1. The van der Waals surface area contributed by atoms with Gasteiger partial charge in [-0.2, -0.15) is 12.6 Å². The molecule has 1 rings (SSSR count). The first-order valence-electron chi connectivity index (χ1n) is 11.4. The van der Waals surface area contributed by atoms with E-state index in [1.165, 1.54) is 24.3 Å². The summed E-state index contributed by atoms with van der Waals surface area (Å²) in [6.07, 6.45) is -0.326. The van der Waals surface area contributed by atoms with Gasteiger partial charge in [-0.25, -0.2) is 4.79 Å². The van der Waals surface area contributed by atoms with Gasteiger partial charge in [0.15, 0.2) is 5.96 Å². The van der Waals surface area contributed by atoms with Crippen LogP contribution in [-0.2, 0) is 30.4 Å². The number of carboxylic acid groups (broad SMARTS) is 2. The summed E-state index contributed by atoms with van der Waals surface area (Å²) in [5.41, 5.74) is 17.0. The zero-order valence-corrected chi connectivity index (χ0v) is 21.3. The maximum Gasteiger partial charge on any atom is 0.326 e. The molecule has 4 atom stereocenters. The monoisotopic (exact) mass is 555 g/mol. The second-order valence-corrected chi connectivity index (χ2v) is 8.59. The minimum atomic E-state index is -1.73. The lowest BCUT2D eigenvalue weighted by atomic mass is 10.0. The van der Waals surface area contributed by atoms with Gasteiger partial charge in [-0.3, -0.25) is 24.2 Å². The first kappa shape index (κ1) is 32.0. The molecule has 0 heterocycles. The maximum absolute atomic E-state index is 13.1. The number of phenols is 1. The number of nitrogens with one attached hydrogen (secondary N) is 3. The zero-order valence-electron chi connectivity index (χ0n) is 20.4. The van der Waals surface area contributed by atoms with Crippen LogP contribution in [0.15, 0.2) is 29.3 Å². The van der Waals surface area contributed by atoms with Gasteiger partial charge in [0.1, 0.15) is 23.9 Å². The molecule has 4 unspecified atom stereocenters. The van der Waals surface area contributed by atoms with Gasteiger partial charge < -0.3 is 48.5 Å². The van der Waals surface area contributed by atoms with E-state index in [-0.39, 0.29) is 36.8 Å². The predicted octanol–water partition coefficient (Wildman–Crippen LogP) is -2.74. The number of phenolic OH excluding ortho intramolecular Hbond substituents is 1. The van der Waals surface area contributed by atoms with E-state index in [1.807, 2.05) is 5.32 Å². The van der Waals surface area contributed by atoms with Gasteiger partial charge in [0.25, 0.3) is 0 Å². The molecule has 0 bridgehead atoms. The lowest BCUT2D eigenvalue weighted by Gasteiger charge is -2.24. The second kappa shape index (κ2) is 15.9. The molecule has 15 nitrogen and oxygen atoms in total. The fourth-order valence-corrected chi connectivity index (χ4v) is 3.38. The van der Waals surface area contributed by atoms with E-state index < -0.39 is 60.2 Å². The predicted molar refractivity (Wildman–Crippen MR) is 139 cm³/mol. The lowest BCUT2D eigenvalue weighted by molar-refractivity contribution is -0.147. The molecular weight excluding hydrogens is 522 g/mol. The quantitative estimate of drug-likeness (QED) is 0.0432. The Morgan fingerprint density at radius 3 is 1.97 bits per heavy atom. The Hall–Kier alpha value is -4.05. The van der Waals surface area contributed by atoms with Crippen molar-refractivity contribution in [3.63, 3.8) is 0 Å². The molecule has 3 amide bonds. The van der Waals surface area contributed by atoms with Crippen molar-refractivity contribution in [2.75, 3.05) is 12.3 Å². The molecule has 0 aliphatic carbocycles. The van der Waals surface area contributed by atoms with Crippen LogP contribution >= 0.6 is 12.6 Å². The van der Waals surface area contributed by atoms with Crippen molar-refractivity contribution in [1.29, 1.82) is 0 Å². The van der Waals surface area contributed by atoms with E-state index in [1.54, 1.807) is 0 Å². The average molecular weight is 556 g/mol. The fourth-order valence-electron chi connectivity index (χ4n) is 3.12. The van der Waals surface area contributed by atoms with E-state index in [0.717, 1.165) is 0 Å². The first-order valence-corrected chi connectivity index (χ1v) is 12.0. The molecule has 0 spiro atoms. The number of hydrogen-bond donors (Lipinski definition) is 10. The Labute approximate surface area is 223 Å². The van der Waals surface area contributed by atoms with Gasteiger partial charge in [0.2, 0.25) is 17.7 Å². The number of carbonyl (C=O) groups excluding carboxylic acids is 3. The van der Waals surface area contributed by atoms with Crippen LogP contribution in [0.25, 0.3) is 0 Å². The summed E-state index contributed by atoms with van der Waals surface area (Å²) in [6.45, 7) is 0.249. The first-order chi connectivity index (χ1) is 17.8. The summed E-state index contributed by atoms with van der Waals surface area (Å²) < 4.78 is 0. The van der Waals surface area contributed by atoms with Crippen molar-refractivity contribution in [3.05, 3.63) is 29.8 Å². The third kappa shape index (κ3) is 11.8. The molecule has 0 fully saturated rings. The molecule has 0 saturated heterocycles. The number of aromatic hydroxyl groups is 1. The molecule has 12 N–H and O–H groups in total. The number of carbonyl (C=O) groups is 5. The fraction of sp³-hybridized carbons (Fsp3) is 0.455. The summed E-state index contributed by atoms with van der Waals surface area (Å²) >= 11 is 4.01. The van der Waals surface area contributed by atoms with Gasteiger partial charge in [0.05, 0.1) is 12.5 Å². The lowest BCUT2D eigenvalue weighted by Crippen LogP contribution is -2.58. The van der Waals surface area contributed by atoms with Crippen LogP contribution < -0.4 is 33.2 Å². The van der Waals surface area contributed by atoms with Gasteiger partial charge >= 0.3 is 11.9 Å². The summed E-state index contributed by atoms with van der Waals surface area (Å²) in [5, 5.41) is 34.5. The van der Waals surface area contributed by atoms with Crippen LogP contribution in [0.1, 0.15) is 24.8 Å². The standard InChI is InChI=1S/C22H33N7O8S/c23-13(2-1-7-26-22(24)25)18(33)27-14(8-11-3-5-12(30)6-4-11)19(34)29-16(10-38)20(35)28-15(21(36)37)9-17(31)32/h3-6,13-16,30,38H,1-2,7-10,23H2,(H,27,33)(H,28,35)(H,29,34)(H,31,32)(H,36,37)(H4,24,25,26). The molecule has 0 aromatic heterocycles. The van der Waals surface area contributed by atoms with E-state index in [2.05, 4.69) is 28.3 Å². The molecular formula is C22H33N7O8S. The van der Waals surface area contributed by atoms with Gasteiger partial charge in [0, 0.05) is 18.7 Å². The number of benzene rings is 1. The molecule has 1 aromatic rings. The van der Waals surface area contributed by atoms with E-state index in [0.29, 0.717) is 12.0 Å². The minimum absolute atomic E-state index is 0.0114. The van der Waals surface area contributed by atoms with E-state index >= 15 is 0 Å². The Morgan fingerprint density at radius 1 is 0.895 bits per heavy atom. The number of amides is 3. The number of carboxylic acids is 2. The molecule has 210 valence electrons. The van der Waals surface area contributed by atoms with E-state index in [4.69, 9.17) is 27.4 Å². The Kier molecular flexibility index (Phi) is 13.4. The zero-order chi connectivity index (χ0) is 28.8. The highest BCUT2D eigenvalue weighted by atomic mass is 32.1. The number of nitrogens with zero attached hydrogens (tertiary/aromatic N) is 1. The number of aliphatic imine (C=N–C) groups is 1. The Balaban J connectivity index is 2.99. The number of guanidine groups is 1. The number of nitrogens with two attached hydrogens (primary N) is 3. The number of rotatable bonds is 16. The number of aliphatic carboxylic acids is 2. The van der Waals surface area contributed by atoms with Crippen molar-refractivity contribution in [1.82, 2.24) is 16.0 Å². The summed E-state index contributed by atoms with van der Waals surface area (Å²) in [4.78, 5) is 64.3. The molecule has 0 saturated carbocycles. The van der Waals surface area contributed by atoms with Crippen LogP contribution in [-0.4, -0.2) is 87.4 Å². The highest BCUT2D eigenvalue weighted by molar-refractivity contribution is 7.80. The maximum atomic E-state index is 13.1. The van der Waals surface area contributed by atoms with Crippen molar-refractivity contribution in [3.8, 4) is 5.75 Å². The van der Waals surface area contributed by atoms with Crippen LogP contribution in [0.3, 0.4) is 0 Å². The van der Waals surface area contributed by atoms with Crippen LogP contribution in [0.4, 0.5) is 0 Å². The minimum Gasteiger partial charge on any atom is -0.508 e. The van der Waals surface area contributed by atoms with Crippen LogP contribution in [0.5, 0.6) is 5.75 Å². The number of hydrogen-bond acceptors (Lipinski definition) is 9. The molecule has 0 aliphatic rings. The van der Waals surface area contributed by atoms with Gasteiger partial charge in [-0.15, -0.1) is 0 Å². The normalized spacial score (nSPS) is 13.7. The molecule has 0 radical (unpaired) electrons. The molecule has 0 aliphatic heterocycles. The SMILES string of the molecule is NC(N)=NCCCC(N)C(=O)NC(Cc1ccc(O)cc1)C(=O)NC(CS)C(=O)NC(CC(=O)O)C(=O)O. The highest BCUT2D eigenvalue weighted by Crippen LogP contribution is 2.12. The van der Waals surface area contributed by atoms with Crippen molar-refractivity contribution in [2.24, 2.45) is 22.2 Å². The van der Waals surface area contributed by atoms with Crippen molar-refractivity contribution < 1.29 is 39.3 Å². The van der Waals surface area contributed by atoms with Crippen LogP contribution in [0.2, 0.25) is 0 Å². The average Bonchev–Trinajstić information content (AvgIpc) is 2.84. The summed E-state index contributed by atoms with van der Waals surface area (Å²) in [5.74, 6) is -5.84. The molecule has 38 heavy (non-hydrogen) atoms. The Bertz CT molecular complexity index is 1020. The smallest absolute Gasteiger partial charge is 0.326 e. The largest absolute Gasteiger partial charge is 0.508 e. The summed E-state index contributed by atoms with van der Waals surface area (Å²) in [6, 6.07) is 0.528. The summed E-state index contributed by atoms with van der Waals surface area (Å²) in [7, 11) is 0. The second-order valence-electron chi connectivity index (χ2n) is 8.23.